The average molecular weight is 384 g/mol. The molecular weight excluding hydrogens is 360 g/mol. The summed E-state index contributed by atoms with van der Waals surface area (Å²) in [5, 5.41) is 14.1. The summed E-state index contributed by atoms with van der Waals surface area (Å²) in [4.78, 5) is 23.1. The number of carbonyl (C=O) groups is 1. The third-order valence-corrected chi connectivity index (χ3v) is 6.11. The number of nitrogens with zero attached hydrogens (tertiary/aromatic N) is 1. The van der Waals surface area contributed by atoms with Crippen LogP contribution in [0.1, 0.15) is 48.9 Å². The number of nitro benzene ring substituents is 1. The molecule has 2 fully saturated rings. The first-order chi connectivity index (χ1) is 13.5. The van der Waals surface area contributed by atoms with Gasteiger partial charge in [-0.2, -0.15) is 0 Å². The minimum atomic E-state index is -0.493. The van der Waals surface area contributed by atoms with E-state index in [-0.39, 0.29) is 35.8 Å². The van der Waals surface area contributed by atoms with Crippen molar-refractivity contribution in [1.82, 2.24) is 5.32 Å². The van der Waals surface area contributed by atoms with Crippen molar-refractivity contribution >= 4 is 11.6 Å². The van der Waals surface area contributed by atoms with E-state index in [0.717, 1.165) is 11.8 Å². The predicted octanol–water partition coefficient (Wildman–Crippen LogP) is 4.32. The predicted molar refractivity (Wildman–Crippen MR) is 102 cm³/mol. The van der Waals surface area contributed by atoms with Gasteiger partial charge in [-0.25, -0.2) is 0 Å². The molecule has 0 radical (unpaired) electrons. The largest absolute Gasteiger partial charge is 0.479 e. The van der Waals surface area contributed by atoms with Crippen LogP contribution in [0.4, 0.5) is 5.69 Å². The Morgan fingerprint density at radius 1 is 1.29 bits per heavy atom. The highest BCUT2D eigenvalue weighted by Gasteiger charge is 2.42. The van der Waals surface area contributed by atoms with E-state index < -0.39 is 4.92 Å². The number of nitrogens with one attached hydrogen (secondary N) is 1. The van der Waals surface area contributed by atoms with Gasteiger partial charge in [-0.05, 0) is 62.1 Å². The zero-order valence-electron chi connectivity index (χ0n) is 15.8. The highest BCUT2D eigenvalue weighted by molar-refractivity contribution is 5.91. The Bertz CT molecular complexity index is 877. The molecule has 4 rings (SSSR count). The maximum absolute atomic E-state index is 12.5. The van der Waals surface area contributed by atoms with Gasteiger partial charge in [0.05, 0.1) is 4.92 Å². The molecule has 28 heavy (non-hydrogen) atoms. The summed E-state index contributed by atoms with van der Waals surface area (Å²) < 4.78 is 11.1. The fourth-order valence-electron chi connectivity index (χ4n) is 4.75. The number of carbonyl (C=O) groups excluding carboxylic acids is 1. The lowest BCUT2D eigenvalue weighted by molar-refractivity contribution is -0.386. The summed E-state index contributed by atoms with van der Waals surface area (Å²) in [7, 11) is 0. The lowest BCUT2D eigenvalue weighted by Gasteiger charge is -2.28. The van der Waals surface area contributed by atoms with Crippen LogP contribution in [-0.4, -0.2) is 16.9 Å². The molecule has 7 heteroatoms. The number of amides is 1. The standard InChI is InChI=1S/C21H24N2O5/c1-13(17-11-14-6-7-15(17)10-14)22-21(24)20-9-8-16(28-20)12-27-19-5-3-2-4-18(19)23(25)26/h2-5,8-9,13-15,17H,6-7,10-12H2,1H3,(H,22,24)/t13-,14+,15+,17+/m0/s1. The topological polar surface area (TPSA) is 94.6 Å². The van der Waals surface area contributed by atoms with E-state index in [4.69, 9.17) is 9.15 Å². The SMILES string of the molecule is C[C@H](NC(=O)c1ccc(COc2ccccc2[N+](=O)[O-])o1)[C@H]1C[C@@H]2CC[C@@H]1C2. The molecule has 0 aliphatic heterocycles. The van der Waals surface area contributed by atoms with Gasteiger partial charge in [0.2, 0.25) is 0 Å². The number of furan rings is 1. The molecule has 1 N–H and O–H groups in total. The molecule has 4 atom stereocenters. The van der Waals surface area contributed by atoms with Crippen LogP contribution < -0.4 is 10.1 Å². The quantitative estimate of drug-likeness (QED) is 0.567. The maximum Gasteiger partial charge on any atom is 0.310 e. The van der Waals surface area contributed by atoms with Gasteiger partial charge >= 0.3 is 5.69 Å². The normalized spacial score (nSPS) is 24.1. The lowest BCUT2D eigenvalue weighted by Crippen LogP contribution is -2.40. The Balaban J connectivity index is 1.34. The van der Waals surface area contributed by atoms with Gasteiger partial charge in [-0.15, -0.1) is 0 Å². The van der Waals surface area contributed by atoms with Crippen molar-refractivity contribution in [2.75, 3.05) is 0 Å². The van der Waals surface area contributed by atoms with E-state index >= 15 is 0 Å². The van der Waals surface area contributed by atoms with Crippen molar-refractivity contribution in [3.63, 3.8) is 0 Å². The second-order valence-electron chi connectivity index (χ2n) is 7.88. The van der Waals surface area contributed by atoms with Crippen LogP contribution in [0.5, 0.6) is 5.75 Å². The van der Waals surface area contributed by atoms with Gasteiger partial charge in [0, 0.05) is 12.1 Å². The van der Waals surface area contributed by atoms with Crippen molar-refractivity contribution in [1.29, 1.82) is 0 Å². The molecule has 0 saturated heterocycles. The molecule has 1 aromatic heterocycles. The van der Waals surface area contributed by atoms with Gasteiger partial charge in [0.15, 0.2) is 11.5 Å². The molecule has 1 aromatic carbocycles. The minimum Gasteiger partial charge on any atom is -0.479 e. The summed E-state index contributed by atoms with van der Waals surface area (Å²) in [6.07, 6.45) is 5.13. The third kappa shape index (κ3) is 3.74. The number of fused-ring (bicyclic) bond motifs is 2. The van der Waals surface area contributed by atoms with Crippen molar-refractivity contribution in [2.45, 2.75) is 45.3 Å². The summed E-state index contributed by atoms with van der Waals surface area (Å²) in [5.41, 5.74) is -0.105. The van der Waals surface area contributed by atoms with Crippen LogP contribution in [0, 0.1) is 27.9 Å². The van der Waals surface area contributed by atoms with E-state index in [0.29, 0.717) is 11.7 Å². The number of rotatable bonds is 7. The number of nitro groups is 1. The monoisotopic (exact) mass is 384 g/mol. The summed E-state index contributed by atoms with van der Waals surface area (Å²) >= 11 is 0. The van der Waals surface area contributed by atoms with E-state index in [9.17, 15) is 14.9 Å². The first kappa shape index (κ1) is 18.5. The number of ether oxygens (including phenoxy) is 1. The second kappa shape index (κ2) is 7.66. The van der Waals surface area contributed by atoms with Crippen LogP contribution in [0.3, 0.4) is 0 Å². The van der Waals surface area contributed by atoms with Crippen LogP contribution >= 0.6 is 0 Å². The first-order valence-electron chi connectivity index (χ1n) is 9.77. The Hall–Kier alpha value is -2.83. The maximum atomic E-state index is 12.5. The molecule has 2 bridgehead atoms. The summed E-state index contributed by atoms with van der Waals surface area (Å²) in [6, 6.07) is 9.56. The number of hydrogen-bond donors (Lipinski definition) is 1. The molecule has 0 unspecified atom stereocenters. The molecule has 7 nitrogen and oxygen atoms in total. The number of benzene rings is 1. The Kier molecular flexibility index (Phi) is 5.07. The molecule has 2 aliphatic carbocycles. The zero-order chi connectivity index (χ0) is 19.7. The Morgan fingerprint density at radius 3 is 2.82 bits per heavy atom. The second-order valence-corrected chi connectivity index (χ2v) is 7.88. The van der Waals surface area contributed by atoms with Crippen molar-refractivity contribution in [3.8, 4) is 5.75 Å². The van der Waals surface area contributed by atoms with Crippen molar-refractivity contribution in [3.05, 3.63) is 58.0 Å². The van der Waals surface area contributed by atoms with Gasteiger partial charge in [-0.1, -0.05) is 18.6 Å². The molecule has 0 spiro atoms. The lowest BCUT2D eigenvalue weighted by atomic mass is 9.84. The summed E-state index contributed by atoms with van der Waals surface area (Å²) in [6.45, 7) is 2.09. The van der Waals surface area contributed by atoms with Gasteiger partial charge < -0.3 is 14.5 Å². The minimum absolute atomic E-state index is 0.0140. The fourth-order valence-corrected chi connectivity index (χ4v) is 4.75. The molecule has 2 aromatic rings. The third-order valence-electron chi connectivity index (χ3n) is 6.11. The van der Waals surface area contributed by atoms with Crippen molar-refractivity contribution in [2.24, 2.45) is 17.8 Å². The highest BCUT2D eigenvalue weighted by atomic mass is 16.6. The molecule has 148 valence electrons. The van der Waals surface area contributed by atoms with Crippen LogP contribution in [-0.2, 0) is 6.61 Å². The van der Waals surface area contributed by atoms with Crippen molar-refractivity contribution < 1.29 is 18.9 Å². The van der Waals surface area contributed by atoms with E-state index in [1.807, 2.05) is 0 Å². The van der Waals surface area contributed by atoms with Gasteiger partial charge in [-0.3, -0.25) is 14.9 Å². The van der Waals surface area contributed by atoms with Crippen LogP contribution in [0.2, 0.25) is 0 Å². The van der Waals surface area contributed by atoms with E-state index in [1.165, 1.54) is 37.8 Å². The van der Waals surface area contributed by atoms with Crippen LogP contribution in [0.25, 0.3) is 0 Å². The number of para-hydroxylation sites is 2. The first-order valence-corrected chi connectivity index (χ1v) is 9.77. The Morgan fingerprint density at radius 2 is 2.11 bits per heavy atom. The molecule has 1 amide bonds. The molecule has 1 heterocycles. The van der Waals surface area contributed by atoms with Gasteiger partial charge in [0.1, 0.15) is 12.4 Å². The highest BCUT2D eigenvalue weighted by Crippen LogP contribution is 2.49. The van der Waals surface area contributed by atoms with E-state index in [1.54, 1.807) is 24.3 Å². The Labute approximate surface area is 163 Å². The van der Waals surface area contributed by atoms with Crippen LogP contribution in [0.15, 0.2) is 40.8 Å². The molecular formula is C21H24N2O5. The smallest absolute Gasteiger partial charge is 0.310 e. The molecule has 2 aliphatic rings. The molecule has 2 saturated carbocycles. The van der Waals surface area contributed by atoms with E-state index in [2.05, 4.69) is 12.2 Å². The zero-order valence-corrected chi connectivity index (χ0v) is 15.8. The fraction of sp³-hybridized carbons (Fsp3) is 0.476. The van der Waals surface area contributed by atoms with Gasteiger partial charge in [0.25, 0.3) is 5.91 Å². The number of hydrogen-bond acceptors (Lipinski definition) is 5. The average Bonchev–Trinajstić information content (AvgIpc) is 3.43. The summed E-state index contributed by atoms with van der Waals surface area (Å²) in [5.74, 6) is 2.74.